The summed E-state index contributed by atoms with van der Waals surface area (Å²) in [5.41, 5.74) is 1.24. The van der Waals surface area contributed by atoms with Gasteiger partial charge in [-0.3, -0.25) is 4.79 Å². The van der Waals surface area contributed by atoms with Gasteiger partial charge in [0, 0.05) is 11.3 Å². The van der Waals surface area contributed by atoms with Gasteiger partial charge in [-0.1, -0.05) is 24.3 Å². The van der Waals surface area contributed by atoms with Crippen molar-refractivity contribution in [2.75, 3.05) is 5.32 Å². The Kier molecular flexibility index (Phi) is 4.85. The first kappa shape index (κ1) is 16.4. The van der Waals surface area contributed by atoms with Crippen LogP contribution in [0.2, 0.25) is 0 Å². The zero-order valence-corrected chi connectivity index (χ0v) is 13.1. The lowest BCUT2D eigenvalue weighted by Crippen LogP contribution is -2.12. The quantitative estimate of drug-likeness (QED) is 0.571. The lowest BCUT2D eigenvalue weighted by Gasteiger charge is -2.07. The van der Waals surface area contributed by atoms with Crippen molar-refractivity contribution in [3.8, 4) is 5.75 Å². The van der Waals surface area contributed by atoms with E-state index < -0.39 is 11.8 Å². The van der Waals surface area contributed by atoms with Crippen LogP contribution in [-0.2, 0) is 0 Å². The molecule has 0 aliphatic carbocycles. The van der Waals surface area contributed by atoms with E-state index in [1.165, 1.54) is 18.2 Å². The second-order valence-corrected chi connectivity index (χ2v) is 5.24. The fraction of sp³-hybridized carbons (Fsp3) is 0. The standard InChI is InChI=1S/C20H14FNO3/c21-16-8-4-7-15(13-16)20(24)25-18-11-9-17(10-12-18)22-19(23)14-5-2-1-3-6-14/h1-13H,(H,22,23). The molecule has 0 aliphatic rings. The maximum atomic E-state index is 13.1. The van der Waals surface area contributed by atoms with Crippen molar-refractivity contribution in [1.29, 1.82) is 0 Å². The molecule has 0 saturated carbocycles. The summed E-state index contributed by atoms with van der Waals surface area (Å²) in [4.78, 5) is 24.0. The second-order valence-electron chi connectivity index (χ2n) is 5.24. The van der Waals surface area contributed by atoms with Crippen molar-refractivity contribution < 1.29 is 18.7 Å². The number of carbonyl (C=O) groups excluding carboxylic acids is 2. The zero-order valence-electron chi connectivity index (χ0n) is 13.1. The number of ether oxygens (including phenoxy) is 1. The second kappa shape index (κ2) is 7.40. The number of amides is 1. The Bertz CT molecular complexity index is 892. The number of nitrogens with one attached hydrogen (secondary N) is 1. The monoisotopic (exact) mass is 335 g/mol. The molecular weight excluding hydrogens is 321 g/mol. The third kappa shape index (κ3) is 4.29. The number of esters is 1. The van der Waals surface area contributed by atoms with E-state index in [1.807, 2.05) is 6.07 Å². The summed E-state index contributed by atoms with van der Waals surface area (Å²) < 4.78 is 18.3. The lowest BCUT2D eigenvalue weighted by molar-refractivity contribution is 0.0734. The fourth-order valence-electron chi connectivity index (χ4n) is 2.18. The van der Waals surface area contributed by atoms with Crippen LogP contribution in [0.25, 0.3) is 0 Å². The molecule has 1 amide bonds. The topological polar surface area (TPSA) is 55.4 Å². The average Bonchev–Trinajstić information content (AvgIpc) is 2.64. The Hall–Kier alpha value is -3.47. The number of hydrogen-bond donors (Lipinski definition) is 1. The third-order valence-corrected chi connectivity index (χ3v) is 3.42. The first-order valence-electron chi connectivity index (χ1n) is 7.56. The van der Waals surface area contributed by atoms with Crippen LogP contribution in [-0.4, -0.2) is 11.9 Å². The molecule has 0 heterocycles. The molecule has 25 heavy (non-hydrogen) atoms. The van der Waals surface area contributed by atoms with Crippen LogP contribution in [0.5, 0.6) is 5.75 Å². The number of hydrogen-bond acceptors (Lipinski definition) is 3. The summed E-state index contributed by atoms with van der Waals surface area (Å²) in [7, 11) is 0. The summed E-state index contributed by atoms with van der Waals surface area (Å²) >= 11 is 0. The largest absolute Gasteiger partial charge is 0.423 e. The van der Waals surface area contributed by atoms with Crippen molar-refractivity contribution in [1.82, 2.24) is 0 Å². The summed E-state index contributed by atoms with van der Waals surface area (Å²) in [5, 5.41) is 2.75. The molecule has 0 atom stereocenters. The summed E-state index contributed by atoms with van der Waals surface area (Å²) in [6.45, 7) is 0. The van der Waals surface area contributed by atoms with Crippen molar-refractivity contribution in [3.05, 3.63) is 95.8 Å². The minimum atomic E-state index is -0.652. The van der Waals surface area contributed by atoms with Crippen LogP contribution in [0, 0.1) is 5.82 Å². The molecule has 5 heteroatoms. The van der Waals surface area contributed by atoms with Gasteiger partial charge in [0.15, 0.2) is 0 Å². The van der Waals surface area contributed by atoms with Crippen LogP contribution in [0.3, 0.4) is 0 Å². The first-order chi connectivity index (χ1) is 12.1. The van der Waals surface area contributed by atoms with Gasteiger partial charge in [0.2, 0.25) is 0 Å². The van der Waals surface area contributed by atoms with Crippen molar-refractivity contribution in [2.24, 2.45) is 0 Å². The smallest absolute Gasteiger partial charge is 0.343 e. The highest BCUT2D eigenvalue weighted by molar-refractivity contribution is 6.04. The number of rotatable bonds is 4. The number of halogens is 1. The van der Waals surface area contributed by atoms with E-state index in [-0.39, 0.29) is 11.5 Å². The molecule has 0 fully saturated rings. The number of benzene rings is 3. The summed E-state index contributed by atoms with van der Waals surface area (Å²) in [6, 6.07) is 20.4. The number of anilines is 1. The van der Waals surface area contributed by atoms with E-state index >= 15 is 0 Å². The Morgan fingerprint density at radius 1 is 0.800 bits per heavy atom. The van der Waals surface area contributed by atoms with E-state index in [4.69, 9.17) is 4.74 Å². The zero-order chi connectivity index (χ0) is 17.6. The minimum absolute atomic E-state index is 0.126. The molecule has 1 N–H and O–H groups in total. The highest BCUT2D eigenvalue weighted by atomic mass is 19.1. The van der Waals surface area contributed by atoms with Gasteiger partial charge in [-0.15, -0.1) is 0 Å². The van der Waals surface area contributed by atoms with Crippen LogP contribution in [0.15, 0.2) is 78.9 Å². The van der Waals surface area contributed by atoms with Gasteiger partial charge in [-0.05, 0) is 54.6 Å². The first-order valence-corrected chi connectivity index (χ1v) is 7.56. The molecule has 0 unspecified atom stereocenters. The molecule has 124 valence electrons. The van der Waals surface area contributed by atoms with Gasteiger partial charge in [0.1, 0.15) is 11.6 Å². The Balaban J connectivity index is 1.64. The average molecular weight is 335 g/mol. The Morgan fingerprint density at radius 2 is 1.48 bits per heavy atom. The Morgan fingerprint density at radius 3 is 2.16 bits per heavy atom. The summed E-state index contributed by atoms with van der Waals surface area (Å²) in [6.07, 6.45) is 0. The van der Waals surface area contributed by atoms with Crippen LogP contribution in [0.1, 0.15) is 20.7 Å². The van der Waals surface area contributed by atoms with Crippen molar-refractivity contribution in [3.63, 3.8) is 0 Å². The molecule has 3 rings (SSSR count). The third-order valence-electron chi connectivity index (χ3n) is 3.42. The molecule has 0 radical (unpaired) electrons. The van der Waals surface area contributed by atoms with E-state index in [1.54, 1.807) is 48.5 Å². The van der Waals surface area contributed by atoms with E-state index in [9.17, 15) is 14.0 Å². The van der Waals surface area contributed by atoms with E-state index in [0.29, 0.717) is 17.0 Å². The highest BCUT2D eigenvalue weighted by Gasteiger charge is 2.10. The molecule has 3 aromatic carbocycles. The van der Waals surface area contributed by atoms with Crippen molar-refractivity contribution >= 4 is 17.6 Å². The minimum Gasteiger partial charge on any atom is -0.423 e. The predicted molar refractivity (Wildman–Crippen MR) is 92.2 cm³/mol. The molecule has 0 aliphatic heterocycles. The molecule has 0 spiro atoms. The van der Waals surface area contributed by atoms with Crippen molar-refractivity contribution in [2.45, 2.75) is 0 Å². The van der Waals surface area contributed by atoms with Gasteiger partial charge in [-0.25, -0.2) is 9.18 Å². The normalized spacial score (nSPS) is 10.1. The lowest BCUT2D eigenvalue weighted by atomic mass is 10.2. The van der Waals surface area contributed by atoms with Crippen LogP contribution < -0.4 is 10.1 Å². The maximum Gasteiger partial charge on any atom is 0.343 e. The number of carbonyl (C=O) groups is 2. The van der Waals surface area contributed by atoms with Gasteiger partial charge in [0.25, 0.3) is 5.91 Å². The van der Waals surface area contributed by atoms with Crippen LogP contribution >= 0.6 is 0 Å². The molecule has 0 saturated heterocycles. The maximum absolute atomic E-state index is 13.1. The molecule has 0 aromatic heterocycles. The molecule has 3 aromatic rings. The van der Waals surface area contributed by atoms with E-state index in [2.05, 4.69) is 5.32 Å². The van der Waals surface area contributed by atoms with Crippen LogP contribution in [0.4, 0.5) is 10.1 Å². The fourth-order valence-corrected chi connectivity index (χ4v) is 2.18. The van der Waals surface area contributed by atoms with Gasteiger partial charge < -0.3 is 10.1 Å². The van der Waals surface area contributed by atoms with E-state index in [0.717, 1.165) is 6.07 Å². The summed E-state index contributed by atoms with van der Waals surface area (Å²) in [5.74, 6) is -1.09. The van der Waals surface area contributed by atoms with Gasteiger partial charge in [0.05, 0.1) is 5.56 Å². The molecular formula is C20H14FNO3. The molecule has 0 bridgehead atoms. The molecule has 4 nitrogen and oxygen atoms in total. The van der Waals surface area contributed by atoms with Gasteiger partial charge in [-0.2, -0.15) is 0 Å². The Labute approximate surface area is 143 Å². The SMILES string of the molecule is O=C(Nc1ccc(OC(=O)c2cccc(F)c2)cc1)c1ccccc1. The predicted octanol–water partition coefficient (Wildman–Crippen LogP) is 4.30. The highest BCUT2D eigenvalue weighted by Crippen LogP contribution is 2.18. The van der Waals surface area contributed by atoms with Gasteiger partial charge >= 0.3 is 5.97 Å².